The van der Waals surface area contributed by atoms with Gasteiger partial charge in [0.05, 0.1) is 13.7 Å². The lowest BCUT2D eigenvalue weighted by atomic mass is 10.1. The fourth-order valence-electron chi connectivity index (χ4n) is 2.94. The van der Waals surface area contributed by atoms with Gasteiger partial charge in [-0.2, -0.15) is 5.10 Å². The molecule has 2 heterocycles. The molecule has 0 saturated carbocycles. The Morgan fingerprint density at radius 3 is 3.10 bits per heavy atom. The lowest BCUT2D eigenvalue weighted by Gasteiger charge is -2.25. The summed E-state index contributed by atoms with van der Waals surface area (Å²) in [5.41, 5.74) is 0.892. The molecule has 0 radical (unpaired) electrons. The molecule has 0 spiro atoms. The number of aromatic nitrogens is 3. The van der Waals surface area contributed by atoms with Crippen molar-refractivity contribution >= 4 is 0 Å². The first kappa shape index (κ1) is 14.0. The molecule has 21 heavy (non-hydrogen) atoms. The molecule has 1 aromatic heterocycles. The number of ether oxygens (including phenoxy) is 1. The lowest BCUT2D eigenvalue weighted by molar-refractivity contribution is 0.216. The highest BCUT2D eigenvalue weighted by molar-refractivity contribution is 5.34. The number of nitrogens with zero attached hydrogens (tertiary/aromatic N) is 4. The second-order valence-electron chi connectivity index (χ2n) is 5.34. The van der Waals surface area contributed by atoms with E-state index < -0.39 is 0 Å². The van der Waals surface area contributed by atoms with Crippen molar-refractivity contribution in [2.24, 2.45) is 0 Å². The molecule has 0 N–H and O–H groups in total. The van der Waals surface area contributed by atoms with Gasteiger partial charge in [-0.15, -0.1) is 0 Å². The second-order valence-corrected chi connectivity index (χ2v) is 5.34. The molecular weight excluding hydrogens is 271 g/mol. The molecule has 0 amide bonds. The van der Waals surface area contributed by atoms with E-state index in [4.69, 9.17) is 4.74 Å². The minimum absolute atomic E-state index is 0.224. The van der Waals surface area contributed by atoms with E-state index in [9.17, 15) is 4.39 Å². The summed E-state index contributed by atoms with van der Waals surface area (Å²) in [5.74, 6) is 0.514. The van der Waals surface area contributed by atoms with Crippen molar-refractivity contribution < 1.29 is 9.13 Å². The molecule has 5 nitrogen and oxygen atoms in total. The molecule has 1 atom stereocenters. The zero-order valence-electron chi connectivity index (χ0n) is 12.1. The molecule has 0 aliphatic carbocycles. The van der Waals surface area contributed by atoms with Gasteiger partial charge in [-0.25, -0.2) is 9.37 Å². The van der Waals surface area contributed by atoms with Gasteiger partial charge >= 0.3 is 0 Å². The summed E-state index contributed by atoms with van der Waals surface area (Å²) in [6.45, 7) is 2.52. The zero-order valence-corrected chi connectivity index (χ0v) is 12.1. The minimum Gasteiger partial charge on any atom is -0.496 e. The Kier molecular flexibility index (Phi) is 4.15. The third-order valence-electron chi connectivity index (χ3n) is 3.98. The summed E-state index contributed by atoms with van der Waals surface area (Å²) in [6, 6.07) is 5.08. The lowest BCUT2D eigenvalue weighted by Crippen LogP contribution is -2.32. The molecule has 1 aliphatic rings. The molecule has 1 fully saturated rings. The van der Waals surface area contributed by atoms with E-state index in [-0.39, 0.29) is 5.82 Å². The van der Waals surface area contributed by atoms with Crippen LogP contribution in [0.4, 0.5) is 4.39 Å². The molecule has 2 aromatic rings. The van der Waals surface area contributed by atoms with E-state index in [0.29, 0.717) is 12.6 Å². The fourth-order valence-corrected chi connectivity index (χ4v) is 2.94. The summed E-state index contributed by atoms with van der Waals surface area (Å²) in [5, 5.41) is 4.16. The van der Waals surface area contributed by atoms with Crippen molar-refractivity contribution in [1.29, 1.82) is 0 Å². The third-order valence-corrected chi connectivity index (χ3v) is 3.98. The van der Waals surface area contributed by atoms with Gasteiger partial charge < -0.3 is 4.74 Å². The second kappa shape index (κ2) is 6.22. The number of rotatable bonds is 5. The highest BCUT2D eigenvalue weighted by Gasteiger charge is 2.26. The van der Waals surface area contributed by atoms with E-state index in [1.807, 2.05) is 4.68 Å². The van der Waals surface area contributed by atoms with Crippen LogP contribution in [-0.4, -0.2) is 39.4 Å². The van der Waals surface area contributed by atoms with Crippen LogP contribution in [0.15, 0.2) is 30.9 Å². The van der Waals surface area contributed by atoms with E-state index in [1.54, 1.807) is 31.9 Å². The maximum atomic E-state index is 13.5. The van der Waals surface area contributed by atoms with Crippen LogP contribution in [0.5, 0.6) is 5.75 Å². The molecule has 3 rings (SSSR count). The zero-order chi connectivity index (χ0) is 14.7. The predicted octanol–water partition coefficient (Wildman–Crippen LogP) is 2.09. The summed E-state index contributed by atoms with van der Waals surface area (Å²) in [7, 11) is 1.62. The first-order valence-electron chi connectivity index (χ1n) is 7.15. The van der Waals surface area contributed by atoms with Crippen LogP contribution in [0.1, 0.15) is 18.4 Å². The van der Waals surface area contributed by atoms with Crippen LogP contribution >= 0.6 is 0 Å². The van der Waals surface area contributed by atoms with Crippen LogP contribution in [0, 0.1) is 5.82 Å². The van der Waals surface area contributed by atoms with Crippen molar-refractivity contribution in [3.63, 3.8) is 0 Å². The maximum Gasteiger partial charge on any atom is 0.137 e. The number of likely N-dealkylation sites (tertiary alicyclic amines) is 1. The quantitative estimate of drug-likeness (QED) is 0.845. The van der Waals surface area contributed by atoms with Gasteiger partial charge in [0.2, 0.25) is 0 Å². The largest absolute Gasteiger partial charge is 0.496 e. The molecular formula is C15H19FN4O. The number of hydrogen-bond acceptors (Lipinski definition) is 4. The summed E-state index contributed by atoms with van der Waals surface area (Å²) in [4.78, 5) is 6.34. The van der Waals surface area contributed by atoms with Crippen LogP contribution in [-0.2, 0) is 13.1 Å². The van der Waals surface area contributed by atoms with Gasteiger partial charge in [-0.1, -0.05) is 0 Å². The van der Waals surface area contributed by atoms with Gasteiger partial charge in [0.1, 0.15) is 24.2 Å². The van der Waals surface area contributed by atoms with Crippen molar-refractivity contribution in [2.75, 3.05) is 13.7 Å². The first-order valence-corrected chi connectivity index (χ1v) is 7.15. The van der Waals surface area contributed by atoms with Gasteiger partial charge in [0, 0.05) is 18.2 Å². The van der Waals surface area contributed by atoms with Crippen molar-refractivity contribution in [2.45, 2.75) is 32.0 Å². The first-order chi connectivity index (χ1) is 10.3. The van der Waals surface area contributed by atoms with Crippen molar-refractivity contribution in [1.82, 2.24) is 19.7 Å². The van der Waals surface area contributed by atoms with Crippen molar-refractivity contribution in [3.8, 4) is 5.75 Å². The van der Waals surface area contributed by atoms with Crippen LogP contribution in [0.25, 0.3) is 0 Å². The average molecular weight is 290 g/mol. The maximum absolute atomic E-state index is 13.5. The molecule has 1 aromatic carbocycles. The van der Waals surface area contributed by atoms with E-state index >= 15 is 0 Å². The van der Waals surface area contributed by atoms with Crippen LogP contribution in [0.3, 0.4) is 0 Å². The van der Waals surface area contributed by atoms with E-state index in [1.165, 1.54) is 6.07 Å². The monoisotopic (exact) mass is 290 g/mol. The Hall–Kier alpha value is -1.95. The SMILES string of the molecule is COc1ccc(F)cc1CN1CCC[C@@H]1Cn1cncn1. The Balaban J connectivity index is 1.72. The molecule has 0 unspecified atom stereocenters. The number of methoxy groups -OCH3 is 1. The normalized spacial score (nSPS) is 19.0. The highest BCUT2D eigenvalue weighted by Crippen LogP contribution is 2.26. The Morgan fingerprint density at radius 2 is 2.33 bits per heavy atom. The molecule has 6 heteroatoms. The average Bonchev–Trinajstić information content (AvgIpc) is 3.12. The topological polar surface area (TPSA) is 43.2 Å². The van der Waals surface area contributed by atoms with Crippen LogP contribution < -0.4 is 4.74 Å². The number of benzene rings is 1. The van der Waals surface area contributed by atoms with E-state index in [0.717, 1.165) is 37.2 Å². The van der Waals surface area contributed by atoms with Crippen molar-refractivity contribution in [3.05, 3.63) is 42.2 Å². The standard InChI is InChI=1S/C15H19FN4O/c1-21-15-5-4-13(16)7-12(15)8-19-6-2-3-14(19)9-20-11-17-10-18-20/h4-5,7,10-11,14H,2-3,6,8-9H2,1H3/t14-/m1/s1. The highest BCUT2D eigenvalue weighted by atomic mass is 19.1. The molecule has 0 bridgehead atoms. The minimum atomic E-state index is -0.224. The fraction of sp³-hybridized carbons (Fsp3) is 0.467. The Bertz CT molecular complexity index is 587. The Morgan fingerprint density at radius 1 is 1.43 bits per heavy atom. The van der Waals surface area contributed by atoms with Gasteiger partial charge in [0.25, 0.3) is 0 Å². The number of halogens is 1. The predicted molar refractivity (Wildman–Crippen MR) is 76.4 cm³/mol. The summed E-state index contributed by atoms with van der Waals surface area (Å²) in [6.07, 6.45) is 5.56. The molecule has 1 aliphatic heterocycles. The number of hydrogen-bond donors (Lipinski definition) is 0. The van der Waals surface area contributed by atoms with Crippen LogP contribution in [0.2, 0.25) is 0 Å². The Labute approximate surface area is 123 Å². The van der Waals surface area contributed by atoms with E-state index in [2.05, 4.69) is 15.0 Å². The van der Waals surface area contributed by atoms with Gasteiger partial charge in [-0.3, -0.25) is 9.58 Å². The summed E-state index contributed by atoms with van der Waals surface area (Å²) < 4.78 is 20.6. The van der Waals surface area contributed by atoms with Gasteiger partial charge in [-0.05, 0) is 37.6 Å². The third kappa shape index (κ3) is 3.21. The smallest absolute Gasteiger partial charge is 0.137 e. The van der Waals surface area contributed by atoms with Gasteiger partial charge in [0.15, 0.2) is 0 Å². The molecule has 1 saturated heterocycles. The summed E-state index contributed by atoms with van der Waals surface area (Å²) >= 11 is 0. The molecule has 112 valence electrons.